The number of nitrogens with zero attached hydrogens (tertiary/aromatic N) is 2. The summed E-state index contributed by atoms with van der Waals surface area (Å²) in [6, 6.07) is 15.5. The third kappa shape index (κ3) is 4.99. The van der Waals surface area contributed by atoms with Gasteiger partial charge in [0.1, 0.15) is 6.54 Å². The summed E-state index contributed by atoms with van der Waals surface area (Å²) in [6.07, 6.45) is 6.00. The van der Waals surface area contributed by atoms with Gasteiger partial charge in [0.15, 0.2) is 5.43 Å². The molecule has 0 N–H and O–H groups in total. The maximum absolute atomic E-state index is 13.2. The molecule has 1 heterocycles. The largest absolute Gasteiger partial charge is 0.341 e. The van der Waals surface area contributed by atoms with Gasteiger partial charge in [0.2, 0.25) is 5.91 Å². The molecule has 158 valence electrons. The van der Waals surface area contributed by atoms with Gasteiger partial charge in [0, 0.05) is 30.2 Å². The van der Waals surface area contributed by atoms with Crippen LogP contribution in [0.25, 0.3) is 22.0 Å². The van der Waals surface area contributed by atoms with Crippen LogP contribution in [-0.2, 0) is 11.3 Å². The minimum atomic E-state index is 0.00808. The second kappa shape index (κ2) is 10.2. The number of amides is 1. The Kier molecular flexibility index (Phi) is 7.45. The molecule has 0 bridgehead atoms. The van der Waals surface area contributed by atoms with Crippen LogP contribution in [0.4, 0.5) is 0 Å². The van der Waals surface area contributed by atoms with E-state index in [1.807, 2.05) is 71.1 Å². The third-order valence-corrected chi connectivity index (χ3v) is 5.54. The number of rotatable bonds is 9. The highest BCUT2D eigenvalue weighted by Crippen LogP contribution is 2.21. The quantitative estimate of drug-likeness (QED) is 0.479. The molecule has 0 aliphatic heterocycles. The van der Waals surface area contributed by atoms with Gasteiger partial charge >= 0.3 is 0 Å². The predicted molar refractivity (Wildman–Crippen MR) is 125 cm³/mol. The molecule has 0 unspecified atom stereocenters. The van der Waals surface area contributed by atoms with Crippen molar-refractivity contribution in [1.29, 1.82) is 0 Å². The smallest absolute Gasteiger partial charge is 0.242 e. The van der Waals surface area contributed by atoms with Gasteiger partial charge in [0.25, 0.3) is 0 Å². The Bertz CT molecular complexity index is 1050. The van der Waals surface area contributed by atoms with Crippen molar-refractivity contribution >= 4 is 16.8 Å². The molecule has 2 aromatic carbocycles. The van der Waals surface area contributed by atoms with E-state index < -0.39 is 0 Å². The fourth-order valence-corrected chi connectivity index (χ4v) is 3.76. The fourth-order valence-electron chi connectivity index (χ4n) is 3.76. The monoisotopic (exact) mass is 404 g/mol. The molecule has 0 radical (unpaired) electrons. The van der Waals surface area contributed by atoms with E-state index in [4.69, 9.17) is 0 Å². The van der Waals surface area contributed by atoms with Crippen molar-refractivity contribution in [1.82, 2.24) is 9.47 Å². The third-order valence-electron chi connectivity index (χ3n) is 5.54. The standard InChI is InChI=1S/C26H32N2O2/c1-4-6-15-27(16-7-5-2)25(29)19-28-18-23(21-11-9-8-10-12-21)26(30)22-14-13-20(3)17-24(22)28/h8-14,17-18H,4-7,15-16,19H2,1-3H3. The zero-order valence-corrected chi connectivity index (χ0v) is 18.4. The maximum atomic E-state index is 13.2. The highest BCUT2D eigenvalue weighted by atomic mass is 16.2. The molecule has 1 amide bonds. The van der Waals surface area contributed by atoms with E-state index in [0.29, 0.717) is 10.9 Å². The van der Waals surface area contributed by atoms with E-state index >= 15 is 0 Å². The molecule has 0 fully saturated rings. The minimum Gasteiger partial charge on any atom is -0.341 e. The molecule has 3 rings (SSSR count). The van der Waals surface area contributed by atoms with Gasteiger partial charge in [0.05, 0.1) is 5.52 Å². The molecule has 0 saturated carbocycles. The Morgan fingerprint density at radius 1 is 0.967 bits per heavy atom. The predicted octanol–water partition coefficient (Wildman–Crippen LogP) is 5.41. The van der Waals surface area contributed by atoms with Crippen LogP contribution in [0.15, 0.2) is 59.5 Å². The summed E-state index contributed by atoms with van der Waals surface area (Å²) in [5, 5.41) is 0.656. The molecule has 0 spiro atoms. The summed E-state index contributed by atoms with van der Waals surface area (Å²) >= 11 is 0. The van der Waals surface area contributed by atoms with Crippen molar-refractivity contribution in [3.63, 3.8) is 0 Å². The average molecular weight is 405 g/mol. The maximum Gasteiger partial charge on any atom is 0.242 e. The molecule has 0 aliphatic rings. The first kappa shape index (κ1) is 21.8. The molecule has 1 aromatic heterocycles. The fraction of sp³-hybridized carbons (Fsp3) is 0.385. The van der Waals surface area contributed by atoms with Crippen LogP contribution in [0, 0.1) is 6.92 Å². The number of aryl methyl sites for hydroxylation is 1. The van der Waals surface area contributed by atoms with Crippen LogP contribution in [0.1, 0.15) is 45.1 Å². The lowest BCUT2D eigenvalue weighted by Gasteiger charge is -2.24. The van der Waals surface area contributed by atoms with Gasteiger partial charge in [-0.3, -0.25) is 9.59 Å². The van der Waals surface area contributed by atoms with Crippen LogP contribution in [0.5, 0.6) is 0 Å². The Hall–Kier alpha value is -2.88. The highest BCUT2D eigenvalue weighted by Gasteiger charge is 2.17. The molecule has 0 atom stereocenters. The van der Waals surface area contributed by atoms with E-state index in [9.17, 15) is 9.59 Å². The van der Waals surface area contributed by atoms with Gasteiger partial charge in [-0.25, -0.2) is 0 Å². The number of carbonyl (C=O) groups excluding carboxylic acids is 1. The Balaban J connectivity index is 2.05. The lowest BCUT2D eigenvalue weighted by molar-refractivity contribution is -0.131. The number of benzene rings is 2. The molecule has 4 heteroatoms. The molecular weight excluding hydrogens is 372 g/mol. The van der Waals surface area contributed by atoms with Crippen molar-refractivity contribution in [2.45, 2.75) is 53.0 Å². The number of hydrogen-bond acceptors (Lipinski definition) is 2. The SMILES string of the molecule is CCCCN(CCCC)C(=O)Cn1cc(-c2ccccc2)c(=O)c2ccc(C)cc21. The van der Waals surface area contributed by atoms with Crippen LogP contribution in [0.2, 0.25) is 0 Å². The highest BCUT2D eigenvalue weighted by molar-refractivity contribution is 5.86. The van der Waals surface area contributed by atoms with Gasteiger partial charge in [-0.1, -0.05) is 63.1 Å². The lowest BCUT2D eigenvalue weighted by atomic mass is 10.0. The number of aromatic nitrogens is 1. The molecule has 4 nitrogen and oxygen atoms in total. The molecule has 0 saturated heterocycles. The second-order valence-electron chi connectivity index (χ2n) is 7.97. The summed E-state index contributed by atoms with van der Waals surface area (Å²) in [6.45, 7) is 8.12. The summed E-state index contributed by atoms with van der Waals surface area (Å²) in [5.41, 5.74) is 3.41. The lowest BCUT2D eigenvalue weighted by Crippen LogP contribution is -2.35. The average Bonchev–Trinajstić information content (AvgIpc) is 2.76. The summed E-state index contributed by atoms with van der Waals surface area (Å²) in [5.74, 6) is 0.113. The van der Waals surface area contributed by atoms with Crippen molar-refractivity contribution in [3.05, 3.63) is 70.5 Å². The summed E-state index contributed by atoms with van der Waals surface area (Å²) < 4.78 is 1.96. The number of hydrogen-bond donors (Lipinski definition) is 0. The number of carbonyl (C=O) groups is 1. The summed E-state index contributed by atoms with van der Waals surface area (Å²) in [7, 11) is 0. The zero-order valence-electron chi connectivity index (χ0n) is 18.4. The van der Waals surface area contributed by atoms with Crippen molar-refractivity contribution in [2.75, 3.05) is 13.1 Å². The number of fused-ring (bicyclic) bond motifs is 1. The van der Waals surface area contributed by atoms with Crippen LogP contribution in [0.3, 0.4) is 0 Å². The Morgan fingerprint density at radius 2 is 1.63 bits per heavy atom. The first-order valence-corrected chi connectivity index (χ1v) is 11.0. The summed E-state index contributed by atoms with van der Waals surface area (Å²) in [4.78, 5) is 28.4. The van der Waals surface area contributed by atoms with Gasteiger partial charge in [-0.05, 0) is 43.0 Å². The van der Waals surface area contributed by atoms with E-state index in [1.165, 1.54) is 0 Å². The van der Waals surface area contributed by atoms with E-state index in [2.05, 4.69) is 13.8 Å². The minimum absolute atomic E-state index is 0.00808. The zero-order chi connectivity index (χ0) is 21.5. The van der Waals surface area contributed by atoms with Crippen molar-refractivity contribution in [2.24, 2.45) is 0 Å². The van der Waals surface area contributed by atoms with E-state index in [-0.39, 0.29) is 17.9 Å². The first-order valence-electron chi connectivity index (χ1n) is 11.0. The Morgan fingerprint density at radius 3 is 2.27 bits per heavy atom. The first-order chi connectivity index (χ1) is 14.5. The van der Waals surface area contributed by atoms with E-state index in [1.54, 1.807) is 0 Å². The van der Waals surface area contributed by atoms with Crippen LogP contribution in [-0.4, -0.2) is 28.5 Å². The molecule has 3 aromatic rings. The topological polar surface area (TPSA) is 42.3 Å². The number of pyridine rings is 1. The molecule has 0 aliphatic carbocycles. The van der Waals surface area contributed by atoms with Gasteiger partial charge in [-0.15, -0.1) is 0 Å². The second-order valence-corrected chi connectivity index (χ2v) is 7.97. The van der Waals surface area contributed by atoms with Crippen molar-refractivity contribution in [3.8, 4) is 11.1 Å². The molecular formula is C26H32N2O2. The Labute approximate surface area is 179 Å². The number of unbranched alkanes of at least 4 members (excludes halogenated alkanes) is 2. The van der Waals surface area contributed by atoms with Gasteiger partial charge < -0.3 is 9.47 Å². The normalized spacial score (nSPS) is 11.0. The molecule has 30 heavy (non-hydrogen) atoms. The van der Waals surface area contributed by atoms with E-state index in [0.717, 1.165) is 55.4 Å². The van der Waals surface area contributed by atoms with Crippen LogP contribution >= 0.6 is 0 Å². The van der Waals surface area contributed by atoms with Gasteiger partial charge in [-0.2, -0.15) is 0 Å². The van der Waals surface area contributed by atoms with Crippen molar-refractivity contribution < 1.29 is 4.79 Å². The van der Waals surface area contributed by atoms with Crippen LogP contribution < -0.4 is 5.43 Å².